The molecular weight excluding hydrogens is 411 g/mol. The molecule has 2 amide bonds. The number of benzene rings is 2. The molecule has 1 heterocycles. The van der Waals surface area contributed by atoms with E-state index in [-0.39, 0.29) is 31.2 Å². The lowest BCUT2D eigenvalue weighted by atomic mass is 10.2. The summed E-state index contributed by atoms with van der Waals surface area (Å²) in [5, 5.41) is 2.85. The number of amides is 2. The number of anilines is 1. The minimum atomic E-state index is -4.07. The monoisotopic (exact) mass is 418 g/mol. The Bertz CT molecular complexity index is 985. The Hall–Kier alpha value is -1.80. The van der Waals surface area contributed by atoms with Gasteiger partial charge in [-0.3, -0.25) is 9.59 Å². The second kappa shape index (κ2) is 6.49. The Kier molecular flexibility index (Phi) is 4.68. The predicted molar refractivity (Wildman–Crippen MR) is 94.8 cm³/mol. The van der Waals surface area contributed by atoms with Crippen molar-refractivity contribution >= 4 is 62.3 Å². The van der Waals surface area contributed by atoms with Gasteiger partial charge in [-0.1, -0.05) is 46.9 Å². The van der Waals surface area contributed by atoms with Crippen LogP contribution in [-0.2, 0) is 14.8 Å². The summed E-state index contributed by atoms with van der Waals surface area (Å²) in [5.41, 5.74) is 0.108. The van der Waals surface area contributed by atoms with Crippen molar-refractivity contribution in [2.45, 2.75) is 4.90 Å². The van der Waals surface area contributed by atoms with Gasteiger partial charge in [0.05, 0.1) is 21.3 Å². The molecule has 0 aromatic heterocycles. The van der Waals surface area contributed by atoms with E-state index in [9.17, 15) is 18.0 Å². The summed E-state index contributed by atoms with van der Waals surface area (Å²) in [6.07, 6.45) is 0. The summed E-state index contributed by atoms with van der Waals surface area (Å²) in [7, 11) is -4.07. The number of rotatable bonds is 3. The lowest BCUT2D eigenvalue weighted by Crippen LogP contribution is -2.37. The topological polar surface area (TPSA) is 83.6 Å². The Morgan fingerprint density at radius 1 is 1.08 bits per heavy atom. The Morgan fingerprint density at radius 3 is 2.28 bits per heavy atom. The van der Waals surface area contributed by atoms with E-state index < -0.39 is 28.4 Å². The third-order valence-corrected chi connectivity index (χ3v) is 6.07. The smallest absolute Gasteiger partial charge is 0.269 e. The van der Waals surface area contributed by atoms with Crippen molar-refractivity contribution in [1.29, 1.82) is 0 Å². The molecule has 0 unspecified atom stereocenters. The first-order valence-corrected chi connectivity index (χ1v) is 9.39. The van der Waals surface area contributed by atoms with E-state index in [0.29, 0.717) is 4.31 Å². The molecule has 0 saturated carbocycles. The molecule has 2 aromatic rings. The number of carbonyl (C=O) groups is 2. The minimum Gasteiger partial charge on any atom is -0.322 e. The van der Waals surface area contributed by atoms with E-state index in [1.807, 2.05) is 0 Å². The highest BCUT2D eigenvalue weighted by molar-refractivity contribution is 7.90. The average Bonchev–Trinajstić information content (AvgIpc) is 2.72. The molecule has 10 heteroatoms. The van der Waals surface area contributed by atoms with Crippen LogP contribution < -0.4 is 5.32 Å². The second-order valence-electron chi connectivity index (χ2n) is 5.11. The fourth-order valence-corrected chi connectivity index (χ4v) is 4.79. The molecule has 0 saturated heterocycles. The number of nitrogens with one attached hydrogen (secondary N) is 1. The first-order chi connectivity index (χ1) is 11.7. The minimum absolute atomic E-state index is 0.0258. The normalized spacial score (nSPS) is 15.2. The molecule has 0 bridgehead atoms. The fraction of sp³-hybridized carbons (Fsp3) is 0.0667. The summed E-state index contributed by atoms with van der Waals surface area (Å²) in [4.78, 5) is 24.4. The maximum atomic E-state index is 12.4. The van der Waals surface area contributed by atoms with E-state index in [4.69, 9.17) is 34.8 Å². The number of hydrogen-bond acceptors (Lipinski definition) is 4. The lowest BCUT2D eigenvalue weighted by molar-refractivity contribution is -0.116. The number of nitrogens with zero attached hydrogens (tertiary/aromatic N) is 1. The number of hydrogen-bond donors (Lipinski definition) is 1. The van der Waals surface area contributed by atoms with Gasteiger partial charge in [0, 0.05) is 5.02 Å². The van der Waals surface area contributed by atoms with Crippen LogP contribution in [0.4, 0.5) is 5.69 Å². The molecular formula is C15H9Cl3N2O4S. The summed E-state index contributed by atoms with van der Waals surface area (Å²) in [5.74, 6) is -1.53. The van der Waals surface area contributed by atoms with Crippen molar-refractivity contribution in [3.05, 3.63) is 57.0 Å². The third kappa shape index (κ3) is 3.20. The predicted octanol–water partition coefficient (Wildman–Crippen LogP) is 3.43. The number of halogens is 3. The molecule has 25 heavy (non-hydrogen) atoms. The van der Waals surface area contributed by atoms with Crippen LogP contribution in [-0.4, -0.2) is 31.1 Å². The number of fused-ring (bicyclic) bond motifs is 1. The van der Waals surface area contributed by atoms with Crippen LogP contribution in [0.25, 0.3) is 0 Å². The van der Waals surface area contributed by atoms with Gasteiger partial charge in [0.1, 0.15) is 11.4 Å². The van der Waals surface area contributed by atoms with Gasteiger partial charge < -0.3 is 5.32 Å². The summed E-state index contributed by atoms with van der Waals surface area (Å²) in [6, 6.07) is 8.49. The molecule has 6 nitrogen and oxygen atoms in total. The molecule has 0 radical (unpaired) electrons. The molecule has 0 spiro atoms. The zero-order valence-electron chi connectivity index (χ0n) is 12.3. The van der Waals surface area contributed by atoms with Crippen molar-refractivity contribution < 1.29 is 18.0 Å². The first kappa shape index (κ1) is 18.0. The van der Waals surface area contributed by atoms with Crippen LogP contribution in [0.3, 0.4) is 0 Å². The lowest BCUT2D eigenvalue weighted by Gasteiger charge is -2.16. The van der Waals surface area contributed by atoms with Gasteiger partial charge in [-0.2, -0.15) is 0 Å². The Balaban J connectivity index is 1.85. The summed E-state index contributed by atoms with van der Waals surface area (Å²) in [6.45, 7) is -0.703. The number of sulfonamides is 1. The third-order valence-electron chi connectivity index (χ3n) is 3.47. The van der Waals surface area contributed by atoms with Gasteiger partial charge in [0.15, 0.2) is 0 Å². The van der Waals surface area contributed by atoms with Crippen LogP contribution in [0.2, 0.25) is 15.1 Å². The SMILES string of the molecule is O=C(CN1C(=O)c2ccccc2S1(=O)=O)Nc1c(Cl)cc(Cl)cc1Cl. The zero-order valence-corrected chi connectivity index (χ0v) is 15.4. The van der Waals surface area contributed by atoms with E-state index in [1.54, 1.807) is 6.07 Å². The van der Waals surface area contributed by atoms with E-state index in [2.05, 4.69) is 5.32 Å². The largest absolute Gasteiger partial charge is 0.322 e. The van der Waals surface area contributed by atoms with Crippen LogP contribution in [0, 0.1) is 0 Å². The molecule has 0 aliphatic carbocycles. The quantitative estimate of drug-likeness (QED) is 0.826. The van der Waals surface area contributed by atoms with Gasteiger partial charge in [-0.15, -0.1) is 0 Å². The van der Waals surface area contributed by atoms with Crippen LogP contribution in [0.1, 0.15) is 10.4 Å². The molecule has 0 fully saturated rings. The molecule has 3 rings (SSSR count). The van der Waals surface area contributed by atoms with Crippen molar-refractivity contribution in [3.63, 3.8) is 0 Å². The highest BCUT2D eigenvalue weighted by Crippen LogP contribution is 2.34. The van der Waals surface area contributed by atoms with Crippen molar-refractivity contribution in [2.24, 2.45) is 0 Å². The molecule has 0 atom stereocenters. The zero-order chi connectivity index (χ0) is 18.4. The van der Waals surface area contributed by atoms with Gasteiger partial charge in [-0.25, -0.2) is 12.7 Å². The highest BCUT2D eigenvalue weighted by Gasteiger charge is 2.41. The van der Waals surface area contributed by atoms with Gasteiger partial charge in [0.2, 0.25) is 5.91 Å². The first-order valence-electron chi connectivity index (χ1n) is 6.82. The van der Waals surface area contributed by atoms with E-state index in [0.717, 1.165) is 0 Å². The van der Waals surface area contributed by atoms with Crippen molar-refractivity contribution in [3.8, 4) is 0 Å². The second-order valence-corrected chi connectivity index (χ2v) is 8.19. The maximum Gasteiger partial charge on any atom is 0.269 e. The summed E-state index contributed by atoms with van der Waals surface area (Å²) < 4.78 is 25.3. The van der Waals surface area contributed by atoms with Crippen LogP contribution in [0.15, 0.2) is 41.3 Å². The van der Waals surface area contributed by atoms with Crippen molar-refractivity contribution in [1.82, 2.24) is 4.31 Å². The van der Waals surface area contributed by atoms with Gasteiger partial charge >= 0.3 is 0 Å². The molecule has 1 N–H and O–H groups in total. The standard InChI is InChI=1S/C15H9Cl3N2O4S/c16-8-5-10(17)14(11(18)6-8)19-13(21)7-20-15(22)9-3-1-2-4-12(9)25(20,23)24/h1-6H,7H2,(H,19,21). The van der Waals surface area contributed by atoms with Gasteiger partial charge in [-0.05, 0) is 24.3 Å². The molecule has 130 valence electrons. The molecule has 1 aliphatic heterocycles. The van der Waals surface area contributed by atoms with E-state index in [1.165, 1.54) is 30.3 Å². The Morgan fingerprint density at radius 2 is 1.68 bits per heavy atom. The molecule has 2 aromatic carbocycles. The Labute approximate surface area is 158 Å². The van der Waals surface area contributed by atoms with Crippen LogP contribution in [0.5, 0.6) is 0 Å². The van der Waals surface area contributed by atoms with Crippen molar-refractivity contribution in [2.75, 3.05) is 11.9 Å². The summed E-state index contributed by atoms with van der Waals surface area (Å²) >= 11 is 17.7. The maximum absolute atomic E-state index is 12.4. The van der Waals surface area contributed by atoms with Gasteiger partial charge in [0.25, 0.3) is 15.9 Å². The van der Waals surface area contributed by atoms with E-state index >= 15 is 0 Å². The molecule has 1 aliphatic rings. The van der Waals surface area contributed by atoms with Crippen LogP contribution >= 0.6 is 34.8 Å². The number of carbonyl (C=O) groups excluding carboxylic acids is 2. The highest BCUT2D eigenvalue weighted by atomic mass is 35.5. The average molecular weight is 420 g/mol. The fourth-order valence-electron chi connectivity index (χ4n) is 2.36.